The van der Waals surface area contributed by atoms with E-state index in [1.165, 1.54) is 0 Å². The van der Waals surface area contributed by atoms with Gasteiger partial charge in [-0.05, 0) is 0 Å². The maximum Gasteiger partial charge on any atom is 0.186 e. The van der Waals surface area contributed by atoms with Crippen molar-refractivity contribution in [1.29, 1.82) is 0 Å². The summed E-state index contributed by atoms with van der Waals surface area (Å²) in [5.41, 5.74) is 0. The third kappa shape index (κ3) is 5.52. The van der Waals surface area contributed by atoms with Crippen LogP contribution in [0.1, 0.15) is 0 Å². The zero-order chi connectivity index (χ0) is 17.7. The van der Waals surface area contributed by atoms with Crippen LogP contribution < -0.4 is 0 Å². The zero-order valence-corrected chi connectivity index (χ0v) is 12.7. The fourth-order valence-corrected chi connectivity index (χ4v) is 2.06. The topological polar surface area (TPSA) is 232 Å². The fourth-order valence-electron chi connectivity index (χ4n) is 2.06. The molecule has 0 bridgehead atoms. The van der Waals surface area contributed by atoms with Crippen LogP contribution in [0.4, 0.5) is 0 Å². The van der Waals surface area contributed by atoms with Gasteiger partial charge in [-0.15, -0.1) is 0 Å². The molecule has 1 rings (SSSR count). The molecule has 12 heteroatoms. The molecule has 24 heavy (non-hydrogen) atoms. The van der Waals surface area contributed by atoms with E-state index in [-0.39, 0.29) is 5.48 Å². The highest BCUT2D eigenvalue weighted by atomic mass is 16.7. The highest BCUT2D eigenvalue weighted by Crippen LogP contribution is 2.22. The lowest BCUT2D eigenvalue weighted by atomic mass is 9.99. The van der Waals surface area contributed by atoms with E-state index in [1.54, 1.807) is 0 Å². The van der Waals surface area contributed by atoms with Gasteiger partial charge >= 0.3 is 0 Å². The quantitative estimate of drug-likeness (QED) is 0.197. The van der Waals surface area contributed by atoms with Gasteiger partial charge in [0.2, 0.25) is 0 Å². The van der Waals surface area contributed by atoms with Gasteiger partial charge in [0, 0.05) is 0 Å². The average Bonchev–Trinajstić information content (AvgIpc) is 2.56. The van der Waals surface area contributed by atoms with Gasteiger partial charge in [0.15, 0.2) is 6.29 Å². The summed E-state index contributed by atoms with van der Waals surface area (Å²) in [6.07, 6.45) is -14.7. The number of aliphatic hydroxyl groups is 9. The summed E-state index contributed by atoms with van der Waals surface area (Å²) >= 11 is 0. The minimum Gasteiger partial charge on any atom is -0.412 e. The minimum absolute atomic E-state index is 0. The van der Waals surface area contributed by atoms with E-state index in [4.69, 9.17) is 19.7 Å². The van der Waals surface area contributed by atoms with E-state index < -0.39 is 74.9 Å². The van der Waals surface area contributed by atoms with Gasteiger partial charge < -0.3 is 60.9 Å². The molecule has 0 amide bonds. The van der Waals surface area contributed by atoms with E-state index in [0.717, 1.165) is 0 Å². The second-order valence-electron chi connectivity index (χ2n) is 5.33. The molecule has 1 saturated heterocycles. The second kappa shape index (κ2) is 10.5. The first-order valence-electron chi connectivity index (χ1n) is 6.99. The maximum atomic E-state index is 9.70. The van der Waals surface area contributed by atoms with Crippen molar-refractivity contribution < 1.29 is 60.9 Å². The Morgan fingerprint density at radius 2 is 1.38 bits per heavy atom. The first-order valence-corrected chi connectivity index (χ1v) is 6.99. The van der Waals surface area contributed by atoms with Crippen LogP contribution in [0.25, 0.3) is 0 Å². The Balaban J connectivity index is 0.00000529. The SMILES string of the molecule is O.OC[C@@H](O)[C@@H](O)[C@H](O)[C@H](O)CO[C@H]1O[C@H](CO)[C@@H](O)[C@H](O)[C@H]1O. The largest absolute Gasteiger partial charge is 0.412 e. The van der Waals surface area contributed by atoms with Gasteiger partial charge in [-0.2, -0.15) is 0 Å². The predicted octanol–water partition coefficient (Wildman–Crippen LogP) is -6.59. The standard InChI is InChI=1S/C12H24O11.H2O/c13-1-4(15)7(17)8(18)5(16)3-22-12-11(21)10(20)9(19)6(2-14)23-12;/h4-21H,1-3H2;1H2/t4-,5-,6-,7-,8-,9-,10+,11-,12+;/m1./s1. The Bertz CT molecular complexity index is 342. The van der Waals surface area contributed by atoms with Crippen LogP contribution >= 0.6 is 0 Å². The van der Waals surface area contributed by atoms with Gasteiger partial charge in [0.05, 0.1) is 19.8 Å². The molecule has 146 valence electrons. The Kier molecular flexibility index (Phi) is 10.3. The van der Waals surface area contributed by atoms with Crippen molar-refractivity contribution in [3.8, 4) is 0 Å². The molecule has 0 saturated carbocycles. The normalized spacial score (nSPS) is 35.6. The van der Waals surface area contributed by atoms with E-state index in [0.29, 0.717) is 0 Å². The molecule has 0 aromatic carbocycles. The average molecular weight is 362 g/mol. The Morgan fingerprint density at radius 1 is 0.833 bits per heavy atom. The molecule has 0 aromatic heterocycles. The summed E-state index contributed by atoms with van der Waals surface area (Å²) in [7, 11) is 0. The lowest BCUT2D eigenvalue weighted by Crippen LogP contribution is -2.59. The monoisotopic (exact) mass is 362 g/mol. The van der Waals surface area contributed by atoms with Crippen molar-refractivity contribution in [2.75, 3.05) is 19.8 Å². The Morgan fingerprint density at radius 3 is 1.88 bits per heavy atom. The number of hydrogen-bond acceptors (Lipinski definition) is 11. The Hall–Kier alpha value is -0.480. The Labute approximate surface area is 137 Å². The van der Waals surface area contributed by atoms with Gasteiger partial charge in [-0.1, -0.05) is 0 Å². The highest BCUT2D eigenvalue weighted by Gasteiger charge is 2.44. The molecule has 12 nitrogen and oxygen atoms in total. The smallest absolute Gasteiger partial charge is 0.186 e. The summed E-state index contributed by atoms with van der Waals surface area (Å²) in [5.74, 6) is 0. The summed E-state index contributed by atoms with van der Waals surface area (Å²) in [6.45, 7) is -2.16. The van der Waals surface area contributed by atoms with Crippen molar-refractivity contribution in [3.05, 3.63) is 0 Å². The van der Waals surface area contributed by atoms with Crippen LogP contribution in [-0.2, 0) is 9.47 Å². The molecule has 11 N–H and O–H groups in total. The minimum atomic E-state index is -1.86. The van der Waals surface area contributed by atoms with Crippen LogP contribution in [0.2, 0.25) is 0 Å². The molecule has 0 aliphatic carbocycles. The van der Waals surface area contributed by atoms with Crippen LogP contribution in [0.3, 0.4) is 0 Å². The molecule has 1 heterocycles. The van der Waals surface area contributed by atoms with Crippen molar-refractivity contribution in [2.45, 2.75) is 55.1 Å². The highest BCUT2D eigenvalue weighted by molar-refractivity contribution is 4.89. The molecule has 0 spiro atoms. The van der Waals surface area contributed by atoms with Crippen LogP contribution in [0.5, 0.6) is 0 Å². The van der Waals surface area contributed by atoms with Gasteiger partial charge in [-0.25, -0.2) is 0 Å². The molecule has 9 atom stereocenters. The molecule has 1 aliphatic heterocycles. The molecule has 1 aliphatic rings. The van der Waals surface area contributed by atoms with Crippen LogP contribution in [0.15, 0.2) is 0 Å². The summed E-state index contributed by atoms with van der Waals surface area (Å²) in [4.78, 5) is 0. The zero-order valence-electron chi connectivity index (χ0n) is 12.7. The van der Waals surface area contributed by atoms with Gasteiger partial charge in [0.1, 0.15) is 48.8 Å². The van der Waals surface area contributed by atoms with E-state index in [1.807, 2.05) is 0 Å². The van der Waals surface area contributed by atoms with E-state index in [2.05, 4.69) is 0 Å². The molecular weight excluding hydrogens is 336 g/mol. The molecule has 0 radical (unpaired) electrons. The second-order valence-corrected chi connectivity index (χ2v) is 5.33. The summed E-state index contributed by atoms with van der Waals surface area (Å²) in [5, 5.41) is 84.4. The first kappa shape index (κ1) is 23.5. The number of rotatable bonds is 8. The first-order chi connectivity index (χ1) is 10.7. The third-order valence-corrected chi connectivity index (χ3v) is 3.61. The third-order valence-electron chi connectivity index (χ3n) is 3.61. The van der Waals surface area contributed by atoms with Gasteiger partial charge in [-0.3, -0.25) is 0 Å². The predicted molar refractivity (Wildman–Crippen MR) is 74.4 cm³/mol. The van der Waals surface area contributed by atoms with E-state index >= 15 is 0 Å². The van der Waals surface area contributed by atoms with Crippen molar-refractivity contribution in [1.82, 2.24) is 0 Å². The van der Waals surface area contributed by atoms with Crippen LogP contribution in [0, 0.1) is 0 Å². The molecule has 1 fully saturated rings. The number of aliphatic hydroxyl groups excluding tert-OH is 9. The van der Waals surface area contributed by atoms with Crippen molar-refractivity contribution in [2.24, 2.45) is 0 Å². The summed E-state index contributed by atoms with van der Waals surface area (Å²) < 4.78 is 9.99. The molecule has 0 unspecified atom stereocenters. The van der Waals surface area contributed by atoms with Crippen molar-refractivity contribution in [3.63, 3.8) is 0 Å². The fraction of sp³-hybridized carbons (Fsp3) is 1.00. The molecular formula is C12H26O12. The lowest BCUT2D eigenvalue weighted by molar-refractivity contribution is -0.306. The van der Waals surface area contributed by atoms with Crippen molar-refractivity contribution >= 4 is 0 Å². The van der Waals surface area contributed by atoms with Crippen LogP contribution in [-0.4, -0.2) is 126 Å². The molecule has 0 aromatic rings. The van der Waals surface area contributed by atoms with Gasteiger partial charge in [0.25, 0.3) is 0 Å². The summed E-state index contributed by atoms with van der Waals surface area (Å²) in [6, 6.07) is 0. The lowest BCUT2D eigenvalue weighted by Gasteiger charge is -2.40. The maximum absolute atomic E-state index is 9.70. The number of hydrogen-bond donors (Lipinski definition) is 9. The van der Waals surface area contributed by atoms with E-state index in [9.17, 15) is 35.7 Å². The number of ether oxygens (including phenoxy) is 2.